The molecule has 2 aromatic rings. The van der Waals surface area contributed by atoms with Gasteiger partial charge in [-0.05, 0) is 48.2 Å². The molecule has 0 aromatic heterocycles. The van der Waals surface area contributed by atoms with Crippen LogP contribution in [0.25, 0.3) is 0 Å². The number of sulfone groups is 1. The fourth-order valence-electron chi connectivity index (χ4n) is 2.63. The Morgan fingerprint density at radius 3 is 2.41 bits per heavy atom. The lowest BCUT2D eigenvalue weighted by atomic mass is 9.98. The van der Waals surface area contributed by atoms with Crippen molar-refractivity contribution in [1.29, 1.82) is 0 Å². The molecule has 5 nitrogen and oxygen atoms in total. The third kappa shape index (κ3) is 5.03. The van der Waals surface area contributed by atoms with Gasteiger partial charge in [-0.25, -0.2) is 8.42 Å². The largest absolute Gasteiger partial charge is 0.484 e. The van der Waals surface area contributed by atoms with Gasteiger partial charge in [-0.2, -0.15) is 8.78 Å². The molecule has 0 heterocycles. The second-order valence-electron chi connectivity index (χ2n) is 6.31. The molecule has 1 amide bonds. The number of anilines is 1. The molecule has 0 saturated heterocycles. The Bertz CT molecular complexity index is 927. The molecule has 2 aromatic carbocycles. The van der Waals surface area contributed by atoms with Gasteiger partial charge in [0.1, 0.15) is 5.75 Å². The van der Waals surface area contributed by atoms with Gasteiger partial charge < -0.3 is 10.1 Å². The Kier molecular flexibility index (Phi) is 6.54. The SMILES string of the molecule is Cc1cc(OCC(=O)Nc2ccccc2S(=O)(=O)C(F)F)ccc1C(C)C. The van der Waals surface area contributed by atoms with Gasteiger partial charge in [0.25, 0.3) is 5.91 Å². The summed E-state index contributed by atoms with van der Waals surface area (Å²) in [7, 11) is -4.83. The van der Waals surface area contributed by atoms with E-state index < -0.39 is 26.4 Å². The molecule has 0 radical (unpaired) electrons. The molecule has 1 N–H and O–H groups in total. The van der Waals surface area contributed by atoms with Crippen molar-refractivity contribution in [2.24, 2.45) is 0 Å². The van der Waals surface area contributed by atoms with E-state index in [2.05, 4.69) is 19.2 Å². The third-order valence-electron chi connectivity index (χ3n) is 3.94. The van der Waals surface area contributed by atoms with Crippen LogP contribution in [0.1, 0.15) is 30.9 Å². The fourth-order valence-corrected chi connectivity index (χ4v) is 3.52. The molecule has 146 valence electrons. The number of nitrogens with one attached hydrogen (secondary N) is 1. The Balaban J connectivity index is 2.08. The standard InChI is InChI=1S/C19H21F2NO4S/c1-12(2)15-9-8-14(10-13(15)3)26-11-18(23)22-16-6-4-5-7-17(16)27(24,25)19(20)21/h4-10,12,19H,11H2,1-3H3,(H,22,23). The average Bonchev–Trinajstić information content (AvgIpc) is 2.60. The topological polar surface area (TPSA) is 72.5 Å². The van der Waals surface area contributed by atoms with Crippen molar-refractivity contribution in [2.45, 2.75) is 37.3 Å². The molecule has 2 rings (SSSR count). The summed E-state index contributed by atoms with van der Waals surface area (Å²) in [4.78, 5) is 11.4. The van der Waals surface area contributed by atoms with E-state index in [0.717, 1.165) is 17.2 Å². The second-order valence-corrected chi connectivity index (χ2v) is 8.20. The minimum absolute atomic E-state index is 0.210. The van der Waals surface area contributed by atoms with Crippen LogP contribution in [-0.2, 0) is 14.6 Å². The number of benzene rings is 2. The molecular formula is C19H21F2NO4S. The number of ether oxygens (including phenoxy) is 1. The monoisotopic (exact) mass is 397 g/mol. The maximum absolute atomic E-state index is 12.8. The summed E-state index contributed by atoms with van der Waals surface area (Å²) in [5.74, 6) is -3.39. The molecule has 0 bridgehead atoms. The Morgan fingerprint density at radius 2 is 1.81 bits per heavy atom. The molecular weight excluding hydrogens is 376 g/mol. The number of hydrogen-bond acceptors (Lipinski definition) is 4. The third-order valence-corrected chi connectivity index (χ3v) is 5.37. The number of carbonyl (C=O) groups is 1. The van der Waals surface area contributed by atoms with E-state index in [0.29, 0.717) is 11.7 Å². The predicted octanol–water partition coefficient (Wildman–Crippen LogP) is 4.13. The van der Waals surface area contributed by atoms with Crippen molar-refractivity contribution < 1.29 is 26.7 Å². The maximum atomic E-state index is 12.8. The minimum atomic E-state index is -4.83. The van der Waals surface area contributed by atoms with Gasteiger partial charge in [0.2, 0.25) is 9.84 Å². The molecule has 0 unspecified atom stereocenters. The van der Waals surface area contributed by atoms with E-state index in [-0.39, 0.29) is 12.3 Å². The van der Waals surface area contributed by atoms with Crippen LogP contribution >= 0.6 is 0 Å². The smallest absolute Gasteiger partial charge is 0.341 e. The predicted molar refractivity (Wildman–Crippen MR) is 99.0 cm³/mol. The van der Waals surface area contributed by atoms with Crippen LogP contribution < -0.4 is 10.1 Å². The highest BCUT2D eigenvalue weighted by atomic mass is 32.2. The quantitative estimate of drug-likeness (QED) is 0.762. The molecule has 0 aliphatic heterocycles. The highest BCUT2D eigenvalue weighted by Gasteiger charge is 2.29. The lowest BCUT2D eigenvalue weighted by Gasteiger charge is -2.13. The van der Waals surface area contributed by atoms with Crippen LogP contribution in [0.3, 0.4) is 0 Å². The van der Waals surface area contributed by atoms with Crippen LogP contribution in [0.2, 0.25) is 0 Å². The summed E-state index contributed by atoms with van der Waals surface area (Å²) in [5.41, 5.74) is 1.98. The van der Waals surface area contributed by atoms with Gasteiger partial charge in [-0.1, -0.05) is 32.0 Å². The van der Waals surface area contributed by atoms with E-state index >= 15 is 0 Å². The number of amides is 1. The molecule has 0 atom stereocenters. The van der Waals surface area contributed by atoms with Crippen molar-refractivity contribution in [3.63, 3.8) is 0 Å². The van der Waals surface area contributed by atoms with Crippen molar-refractivity contribution in [3.05, 3.63) is 53.6 Å². The summed E-state index contributed by atoms with van der Waals surface area (Å²) in [6.45, 7) is 5.69. The first-order chi connectivity index (χ1) is 12.6. The Morgan fingerprint density at radius 1 is 1.15 bits per heavy atom. The second kappa shape index (κ2) is 8.47. The molecule has 0 fully saturated rings. The maximum Gasteiger partial charge on any atom is 0.341 e. The first-order valence-electron chi connectivity index (χ1n) is 8.27. The van der Waals surface area contributed by atoms with Crippen molar-refractivity contribution >= 4 is 21.4 Å². The van der Waals surface area contributed by atoms with Gasteiger partial charge in [0.05, 0.1) is 10.6 Å². The molecule has 0 spiro atoms. The van der Waals surface area contributed by atoms with Crippen molar-refractivity contribution in [1.82, 2.24) is 0 Å². The van der Waals surface area contributed by atoms with Crippen LogP contribution in [0.5, 0.6) is 5.75 Å². The normalized spacial score (nSPS) is 11.7. The van der Waals surface area contributed by atoms with Gasteiger partial charge in [-0.15, -0.1) is 0 Å². The summed E-state index contributed by atoms with van der Waals surface area (Å²) < 4.78 is 54.4. The van der Waals surface area contributed by atoms with Gasteiger partial charge in [0.15, 0.2) is 6.61 Å². The van der Waals surface area contributed by atoms with E-state index in [1.165, 1.54) is 18.2 Å². The van der Waals surface area contributed by atoms with Gasteiger partial charge >= 0.3 is 5.76 Å². The zero-order chi connectivity index (χ0) is 20.2. The average molecular weight is 397 g/mol. The first kappa shape index (κ1) is 20.8. The molecule has 0 aliphatic rings. The highest BCUT2D eigenvalue weighted by molar-refractivity contribution is 7.91. The van der Waals surface area contributed by atoms with Crippen molar-refractivity contribution in [3.8, 4) is 5.75 Å². The van der Waals surface area contributed by atoms with E-state index in [4.69, 9.17) is 4.74 Å². The van der Waals surface area contributed by atoms with Gasteiger partial charge in [0, 0.05) is 0 Å². The van der Waals surface area contributed by atoms with Crippen molar-refractivity contribution in [2.75, 3.05) is 11.9 Å². The first-order valence-corrected chi connectivity index (χ1v) is 9.82. The van der Waals surface area contributed by atoms with E-state index in [9.17, 15) is 22.0 Å². The zero-order valence-electron chi connectivity index (χ0n) is 15.2. The summed E-state index contributed by atoms with van der Waals surface area (Å²) >= 11 is 0. The lowest BCUT2D eigenvalue weighted by Crippen LogP contribution is -2.22. The minimum Gasteiger partial charge on any atom is -0.484 e. The number of carbonyl (C=O) groups excluding carboxylic acids is 1. The number of aryl methyl sites for hydroxylation is 1. The van der Waals surface area contributed by atoms with Crippen LogP contribution in [0.4, 0.5) is 14.5 Å². The number of halogens is 2. The Hall–Kier alpha value is -2.48. The number of hydrogen-bond donors (Lipinski definition) is 1. The summed E-state index contributed by atoms with van der Waals surface area (Å²) in [5, 5.41) is 2.31. The van der Waals surface area contributed by atoms with E-state index in [1.54, 1.807) is 12.1 Å². The summed E-state index contributed by atoms with van der Waals surface area (Å²) in [6.07, 6.45) is 0. The van der Waals surface area contributed by atoms with E-state index in [1.807, 2.05) is 13.0 Å². The molecule has 0 aliphatic carbocycles. The molecule has 0 saturated carbocycles. The van der Waals surface area contributed by atoms with Crippen LogP contribution in [0, 0.1) is 6.92 Å². The number of alkyl halides is 2. The fraction of sp³-hybridized carbons (Fsp3) is 0.316. The van der Waals surface area contributed by atoms with Gasteiger partial charge in [-0.3, -0.25) is 4.79 Å². The highest BCUT2D eigenvalue weighted by Crippen LogP contribution is 2.26. The van der Waals surface area contributed by atoms with Crippen LogP contribution in [0.15, 0.2) is 47.4 Å². The number of rotatable bonds is 7. The molecule has 8 heteroatoms. The molecule has 27 heavy (non-hydrogen) atoms. The zero-order valence-corrected chi connectivity index (χ0v) is 16.0. The number of para-hydroxylation sites is 1. The van der Waals surface area contributed by atoms with Crippen LogP contribution in [-0.4, -0.2) is 26.7 Å². The summed E-state index contributed by atoms with van der Waals surface area (Å²) in [6, 6.07) is 10.5. The lowest BCUT2D eigenvalue weighted by molar-refractivity contribution is -0.118. The Labute approximate surface area is 157 Å².